The number of halogens is 1. The smallest absolute Gasteiger partial charge is 0.203 e. The Hall–Kier alpha value is -1.95. The van der Waals surface area contributed by atoms with Gasteiger partial charge in [0.1, 0.15) is 11.6 Å². The van der Waals surface area contributed by atoms with Crippen LogP contribution in [0.2, 0.25) is 0 Å². The molecule has 2 rings (SSSR count). The molecule has 0 fully saturated rings. The van der Waals surface area contributed by atoms with E-state index in [9.17, 15) is 4.39 Å². The van der Waals surface area contributed by atoms with Crippen LogP contribution in [0.15, 0.2) is 28.7 Å². The molecule has 21 heavy (non-hydrogen) atoms. The molecule has 1 N–H and O–H groups in total. The Morgan fingerprint density at radius 1 is 1.48 bits per heavy atom. The van der Waals surface area contributed by atoms with Gasteiger partial charge in [0.05, 0.1) is 18.5 Å². The molecule has 1 aromatic heterocycles. The molecule has 0 saturated heterocycles. The number of hydrogen-bond acceptors (Lipinski definition) is 5. The lowest BCUT2D eigenvalue weighted by atomic mass is 10.2. The Kier molecular flexibility index (Phi) is 5.68. The van der Waals surface area contributed by atoms with E-state index in [0.717, 1.165) is 18.5 Å². The van der Waals surface area contributed by atoms with Crippen molar-refractivity contribution in [3.63, 3.8) is 0 Å². The average Bonchev–Trinajstić information content (AvgIpc) is 2.87. The molecule has 6 heteroatoms. The number of anilines is 1. The summed E-state index contributed by atoms with van der Waals surface area (Å²) in [6.07, 6.45) is 3.56. The minimum atomic E-state index is -0.315. The summed E-state index contributed by atoms with van der Waals surface area (Å²) in [6.45, 7) is 4.62. The molecule has 0 unspecified atom stereocenters. The Morgan fingerprint density at radius 3 is 3.05 bits per heavy atom. The van der Waals surface area contributed by atoms with Crippen LogP contribution >= 0.6 is 11.3 Å². The molecule has 0 bridgehead atoms. The van der Waals surface area contributed by atoms with E-state index in [1.807, 2.05) is 12.3 Å². The number of thiazole rings is 1. The highest BCUT2D eigenvalue weighted by atomic mass is 32.1. The molecule has 0 atom stereocenters. The first-order valence-corrected chi connectivity index (χ1v) is 7.70. The minimum absolute atomic E-state index is 0.315. The number of hydrazone groups is 1. The van der Waals surface area contributed by atoms with Crippen LogP contribution in [0, 0.1) is 12.7 Å². The largest absolute Gasteiger partial charge is 0.493 e. The summed E-state index contributed by atoms with van der Waals surface area (Å²) in [4.78, 5) is 4.23. The molecule has 4 nitrogen and oxygen atoms in total. The van der Waals surface area contributed by atoms with Gasteiger partial charge in [-0.2, -0.15) is 5.10 Å². The van der Waals surface area contributed by atoms with Gasteiger partial charge in [-0.3, -0.25) is 5.43 Å². The highest BCUT2D eigenvalue weighted by molar-refractivity contribution is 7.13. The van der Waals surface area contributed by atoms with E-state index in [1.165, 1.54) is 23.5 Å². The van der Waals surface area contributed by atoms with E-state index in [0.29, 0.717) is 23.1 Å². The molecule has 112 valence electrons. The lowest BCUT2D eigenvalue weighted by Gasteiger charge is -2.08. The van der Waals surface area contributed by atoms with Crippen LogP contribution in [0.5, 0.6) is 5.75 Å². The highest BCUT2D eigenvalue weighted by Gasteiger charge is 2.04. The van der Waals surface area contributed by atoms with E-state index in [1.54, 1.807) is 12.3 Å². The third-order valence-corrected chi connectivity index (χ3v) is 3.57. The molecule has 1 aromatic carbocycles. The van der Waals surface area contributed by atoms with E-state index < -0.39 is 0 Å². The van der Waals surface area contributed by atoms with Crippen molar-refractivity contribution < 1.29 is 9.13 Å². The molecular weight excluding hydrogens is 289 g/mol. The molecule has 0 aliphatic rings. The van der Waals surface area contributed by atoms with Crippen molar-refractivity contribution in [2.75, 3.05) is 12.0 Å². The molecule has 0 amide bonds. The topological polar surface area (TPSA) is 46.5 Å². The van der Waals surface area contributed by atoms with Gasteiger partial charge >= 0.3 is 0 Å². The number of hydrogen-bond donors (Lipinski definition) is 1. The van der Waals surface area contributed by atoms with E-state index in [4.69, 9.17) is 4.74 Å². The second-order valence-electron chi connectivity index (χ2n) is 4.55. The lowest BCUT2D eigenvalue weighted by Crippen LogP contribution is -2.00. The van der Waals surface area contributed by atoms with Crippen molar-refractivity contribution in [2.24, 2.45) is 5.10 Å². The van der Waals surface area contributed by atoms with Gasteiger partial charge < -0.3 is 4.74 Å². The first-order chi connectivity index (χ1) is 10.2. The SMILES string of the molecule is CCCCOc1ccc(F)cc1C=NNc1nc(C)cs1. The number of nitrogens with zero attached hydrogens (tertiary/aromatic N) is 2. The Morgan fingerprint density at radius 2 is 2.33 bits per heavy atom. The van der Waals surface area contributed by atoms with Crippen molar-refractivity contribution in [3.8, 4) is 5.75 Å². The molecular formula is C15H18FN3OS. The first-order valence-electron chi connectivity index (χ1n) is 6.82. The van der Waals surface area contributed by atoms with E-state index in [2.05, 4.69) is 22.4 Å². The van der Waals surface area contributed by atoms with E-state index >= 15 is 0 Å². The summed E-state index contributed by atoms with van der Waals surface area (Å²) in [5, 5.41) is 6.71. The molecule has 0 radical (unpaired) electrons. The van der Waals surface area contributed by atoms with Gasteiger partial charge in [-0.1, -0.05) is 13.3 Å². The number of aromatic nitrogens is 1. The zero-order chi connectivity index (χ0) is 15.1. The molecule has 0 saturated carbocycles. The maximum absolute atomic E-state index is 13.3. The van der Waals surface area contributed by atoms with Gasteiger partial charge in [0.25, 0.3) is 0 Å². The van der Waals surface area contributed by atoms with Crippen LogP contribution in [0.3, 0.4) is 0 Å². The predicted molar refractivity (Wildman–Crippen MR) is 84.9 cm³/mol. The maximum atomic E-state index is 13.3. The van der Waals surface area contributed by atoms with Gasteiger partial charge in [-0.25, -0.2) is 9.37 Å². The Labute approximate surface area is 127 Å². The second kappa shape index (κ2) is 7.73. The summed E-state index contributed by atoms with van der Waals surface area (Å²) in [5.74, 6) is 0.315. The van der Waals surface area contributed by atoms with Crippen LogP contribution < -0.4 is 10.2 Å². The fourth-order valence-corrected chi connectivity index (χ4v) is 2.28. The fraction of sp³-hybridized carbons (Fsp3) is 0.333. The van der Waals surface area contributed by atoms with Crippen LogP contribution in [0.25, 0.3) is 0 Å². The first kappa shape index (κ1) is 15.4. The number of ether oxygens (including phenoxy) is 1. The summed E-state index contributed by atoms with van der Waals surface area (Å²) in [7, 11) is 0. The molecule has 2 aromatic rings. The van der Waals surface area contributed by atoms with Crippen molar-refractivity contribution in [1.29, 1.82) is 0 Å². The highest BCUT2D eigenvalue weighted by Crippen LogP contribution is 2.19. The fourth-order valence-electron chi connectivity index (χ4n) is 1.64. The van der Waals surface area contributed by atoms with Gasteiger partial charge in [-0.15, -0.1) is 11.3 Å². The summed E-state index contributed by atoms with van der Waals surface area (Å²) >= 11 is 1.47. The zero-order valence-electron chi connectivity index (χ0n) is 12.1. The number of unbranched alkanes of at least 4 members (excludes halogenated alkanes) is 1. The van der Waals surface area contributed by atoms with Gasteiger partial charge in [-0.05, 0) is 31.5 Å². The van der Waals surface area contributed by atoms with Crippen molar-refractivity contribution in [1.82, 2.24) is 4.98 Å². The summed E-state index contributed by atoms with van der Waals surface area (Å²) in [6, 6.07) is 4.41. The van der Waals surface area contributed by atoms with Crippen LogP contribution in [0.1, 0.15) is 31.0 Å². The zero-order valence-corrected chi connectivity index (χ0v) is 12.9. The van der Waals surface area contributed by atoms with Crippen molar-refractivity contribution in [2.45, 2.75) is 26.7 Å². The standard InChI is InChI=1S/C15H18FN3OS/c1-3-4-7-20-14-6-5-13(16)8-12(14)9-17-19-15-18-11(2)10-21-15/h5-6,8-10H,3-4,7H2,1-2H3,(H,18,19). The van der Waals surface area contributed by atoms with Gasteiger partial charge in [0, 0.05) is 10.9 Å². The monoisotopic (exact) mass is 307 g/mol. The maximum Gasteiger partial charge on any atom is 0.203 e. The minimum Gasteiger partial charge on any atom is -0.493 e. The third-order valence-electron chi connectivity index (χ3n) is 2.71. The number of rotatable bonds is 7. The number of benzene rings is 1. The predicted octanol–water partition coefficient (Wildman–Crippen LogP) is 4.22. The molecule has 0 aliphatic carbocycles. The average molecular weight is 307 g/mol. The Balaban J connectivity index is 2.04. The third kappa shape index (κ3) is 4.82. The van der Waals surface area contributed by atoms with Crippen molar-refractivity contribution in [3.05, 3.63) is 40.7 Å². The van der Waals surface area contributed by atoms with Crippen molar-refractivity contribution >= 4 is 22.7 Å². The van der Waals surface area contributed by atoms with Crippen LogP contribution in [-0.4, -0.2) is 17.8 Å². The lowest BCUT2D eigenvalue weighted by molar-refractivity contribution is 0.308. The van der Waals surface area contributed by atoms with Crippen LogP contribution in [0.4, 0.5) is 9.52 Å². The van der Waals surface area contributed by atoms with Gasteiger partial charge in [0.15, 0.2) is 0 Å². The summed E-state index contributed by atoms with van der Waals surface area (Å²) in [5.41, 5.74) is 4.37. The van der Waals surface area contributed by atoms with Gasteiger partial charge in [0.2, 0.25) is 5.13 Å². The quantitative estimate of drug-likeness (QED) is 0.473. The number of aryl methyl sites for hydroxylation is 1. The number of nitrogens with one attached hydrogen (secondary N) is 1. The molecule has 0 aliphatic heterocycles. The van der Waals surface area contributed by atoms with Crippen LogP contribution in [-0.2, 0) is 0 Å². The summed E-state index contributed by atoms with van der Waals surface area (Å²) < 4.78 is 19.0. The normalized spacial score (nSPS) is 11.0. The Bertz CT molecular complexity index is 613. The second-order valence-corrected chi connectivity index (χ2v) is 5.41. The van der Waals surface area contributed by atoms with E-state index in [-0.39, 0.29) is 5.82 Å². The molecule has 1 heterocycles. The molecule has 0 spiro atoms.